The average Bonchev–Trinajstić information content (AvgIpc) is 2.29. The summed E-state index contributed by atoms with van der Waals surface area (Å²) in [5.74, 6) is 1.33. The van der Waals surface area contributed by atoms with Crippen LogP contribution < -0.4 is 10.1 Å². The molecule has 0 aliphatic heterocycles. The summed E-state index contributed by atoms with van der Waals surface area (Å²) in [6.45, 7) is 1.95. The SMILES string of the molecule is CNc1nc(C)cc(OC2CCCCC2)n1. The Balaban J connectivity index is 2.04. The summed E-state index contributed by atoms with van der Waals surface area (Å²) >= 11 is 0. The van der Waals surface area contributed by atoms with E-state index in [1.807, 2.05) is 20.0 Å². The van der Waals surface area contributed by atoms with Crippen molar-refractivity contribution in [3.8, 4) is 5.88 Å². The summed E-state index contributed by atoms with van der Waals surface area (Å²) in [6, 6.07) is 1.90. The van der Waals surface area contributed by atoms with Crippen molar-refractivity contribution in [2.24, 2.45) is 0 Å². The van der Waals surface area contributed by atoms with Gasteiger partial charge in [-0.1, -0.05) is 6.42 Å². The second kappa shape index (κ2) is 5.14. The van der Waals surface area contributed by atoms with Crippen LogP contribution in [0, 0.1) is 6.92 Å². The van der Waals surface area contributed by atoms with Crippen LogP contribution in [0.1, 0.15) is 37.8 Å². The molecule has 0 amide bonds. The standard InChI is InChI=1S/C12H19N3O/c1-9-8-11(15-12(13-2)14-9)16-10-6-4-3-5-7-10/h8,10H,3-7H2,1-2H3,(H,13,14,15). The average molecular weight is 221 g/mol. The Morgan fingerprint density at radius 2 is 2.00 bits per heavy atom. The molecule has 1 N–H and O–H groups in total. The van der Waals surface area contributed by atoms with Crippen molar-refractivity contribution in [2.45, 2.75) is 45.1 Å². The molecule has 4 heteroatoms. The van der Waals surface area contributed by atoms with Crippen molar-refractivity contribution in [3.63, 3.8) is 0 Å². The van der Waals surface area contributed by atoms with Gasteiger partial charge in [0.25, 0.3) is 0 Å². The second-order valence-corrected chi connectivity index (χ2v) is 4.30. The van der Waals surface area contributed by atoms with Gasteiger partial charge in [-0.2, -0.15) is 4.98 Å². The Bertz CT molecular complexity index is 348. The number of aromatic nitrogens is 2. The Kier molecular flexibility index (Phi) is 3.59. The summed E-state index contributed by atoms with van der Waals surface area (Å²) in [6.07, 6.45) is 6.52. The first-order chi connectivity index (χ1) is 7.78. The molecule has 4 nitrogen and oxygen atoms in total. The van der Waals surface area contributed by atoms with Gasteiger partial charge in [0, 0.05) is 18.8 Å². The number of anilines is 1. The normalized spacial score (nSPS) is 17.1. The molecule has 0 bridgehead atoms. The molecule has 1 saturated carbocycles. The first-order valence-electron chi connectivity index (χ1n) is 5.98. The van der Waals surface area contributed by atoms with Gasteiger partial charge in [-0.15, -0.1) is 0 Å². The highest BCUT2D eigenvalue weighted by atomic mass is 16.5. The third-order valence-corrected chi connectivity index (χ3v) is 2.89. The third-order valence-electron chi connectivity index (χ3n) is 2.89. The predicted molar refractivity (Wildman–Crippen MR) is 63.8 cm³/mol. The summed E-state index contributed by atoms with van der Waals surface area (Å²) in [7, 11) is 1.82. The Morgan fingerprint density at radius 3 is 2.69 bits per heavy atom. The lowest BCUT2D eigenvalue weighted by Crippen LogP contribution is -2.20. The smallest absolute Gasteiger partial charge is 0.225 e. The van der Waals surface area contributed by atoms with Crippen LogP contribution in [0.4, 0.5) is 5.95 Å². The van der Waals surface area contributed by atoms with Crippen molar-refractivity contribution in [3.05, 3.63) is 11.8 Å². The summed E-state index contributed by atoms with van der Waals surface area (Å²) in [5.41, 5.74) is 0.935. The topological polar surface area (TPSA) is 47.0 Å². The number of rotatable bonds is 3. The number of nitrogens with one attached hydrogen (secondary N) is 1. The molecule has 1 aromatic heterocycles. The van der Waals surface area contributed by atoms with Crippen molar-refractivity contribution in [1.82, 2.24) is 9.97 Å². The van der Waals surface area contributed by atoms with Crippen LogP contribution in [-0.2, 0) is 0 Å². The monoisotopic (exact) mass is 221 g/mol. The number of aryl methyl sites for hydroxylation is 1. The molecule has 1 fully saturated rings. The van der Waals surface area contributed by atoms with Crippen LogP contribution in [0.2, 0.25) is 0 Å². The molecule has 0 radical (unpaired) electrons. The van der Waals surface area contributed by atoms with Gasteiger partial charge in [0.05, 0.1) is 0 Å². The first-order valence-corrected chi connectivity index (χ1v) is 5.98. The van der Waals surface area contributed by atoms with E-state index >= 15 is 0 Å². The molecular formula is C12H19N3O. The molecule has 0 spiro atoms. The maximum atomic E-state index is 5.89. The van der Waals surface area contributed by atoms with E-state index in [1.54, 1.807) is 0 Å². The molecule has 0 saturated heterocycles. The minimum absolute atomic E-state index is 0.341. The van der Waals surface area contributed by atoms with Gasteiger partial charge in [0.15, 0.2) is 0 Å². The van der Waals surface area contributed by atoms with E-state index in [2.05, 4.69) is 15.3 Å². The lowest BCUT2D eigenvalue weighted by atomic mass is 9.98. The van der Waals surface area contributed by atoms with Crippen LogP contribution in [0.15, 0.2) is 6.07 Å². The molecule has 2 rings (SSSR count). The molecule has 1 aliphatic rings. The van der Waals surface area contributed by atoms with Gasteiger partial charge >= 0.3 is 0 Å². The fourth-order valence-corrected chi connectivity index (χ4v) is 2.07. The molecule has 0 unspecified atom stereocenters. The highest BCUT2D eigenvalue weighted by Crippen LogP contribution is 2.23. The summed E-state index contributed by atoms with van der Waals surface area (Å²) < 4.78 is 5.89. The number of ether oxygens (including phenoxy) is 1. The van der Waals surface area contributed by atoms with E-state index < -0.39 is 0 Å². The van der Waals surface area contributed by atoms with Gasteiger partial charge in [-0.25, -0.2) is 4.98 Å². The molecule has 0 aromatic carbocycles. The van der Waals surface area contributed by atoms with Crippen molar-refractivity contribution in [1.29, 1.82) is 0 Å². The van der Waals surface area contributed by atoms with Gasteiger partial charge in [0.2, 0.25) is 11.8 Å². The second-order valence-electron chi connectivity index (χ2n) is 4.30. The summed E-state index contributed by atoms with van der Waals surface area (Å²) in [5, 5.41) is 2.94. The zero-order valence-electron chi connectivity index (χ0n) is 9.99. The minimum Gasteiger partial charge on any atom is -0.474 e. The van der Waals surface area contributed by atoms with Crippen LogP contribution in [0.5, 0.6) is 5.88 Å². The highest BCUT2D eigenvalue weighted by Gasteiger charge is 2.15. The largest absolute Gasteiger partial charge is 0.474 e. The first kappa shape index (κ1) is 11.2. The van der Waals surface area contributed by atoms with Gasteiger partial charge in [-0.05, 0) is 32.6 Å². The predicted octanol–water partition coefficient (Wildman–Crippen LogP) is 2.54. The van der Waals surface area contributed by atoms with E-state index in [0.717, 1.165) is 18.5 Å². The molecule has 88 valence electrons. The van der Waals surface area contributed by atoms with E-state index in [4.69, 9.17) is 4.74 Å². The van der Waals surface area contributed by atoms with E-state index in [0.29, 0.717) is 17.9 Å². The maximum absolute atomic E-state index is 5.89. The lowest BCUT2D eigenvalue weighted by molar-refractivity contribution is 0.148. The van der Waals surface area contributed by atoms with Crippen molar-refractivity contribution in [2.75, 3.05) is 12.4 Å². The van der Waals surface area contributed by atoms with Crippen LogP contribution >= 0.6 is 0 Å². The quantitative estimate of drug-likeness (QED) is 0.852. The molecule has 1 aromatic rings. The van der Waals surface area contributed by atoms with Crippen molar-refractivity contribution >= 4 is 5.95 Å². The number of hydrogen-bond donors (Lipinski definition) is 1. The Morgan fingerprint density at radius 1 is 1.25 bits per heavy atom. The van der Waals surface area contributed by atoms with Gasteiger partial charge in [0.1, 0.15) is 6.10 Å². The fourth-order valence-electron chi connectivity index (χ4n) is 2.07. The fraction of sp³-hybridized carbons (Fsp3) is 0.667. The van der Waals surface area contributed by atoms with E-state index in [1.165, 1.54) is 19.3 Å². The Hall–Kier alpha value is -1.32. The van der Waals surface area contributed by atoms with Crippen LogP contribution in [-0.4, -0.2) is 23.1 Å². The zero-order valence-corrected chi connectivity index (χ0v) is 9.99. The molecule has 1 aliphatic carbocycles. The minimum atomic E-state index is 0.341. The van der Waals surface area contributed by atoms with E-state index in [9.17, 15) is 0 Å². The molecule has 0 atom stereocenters. The van der Waals surface area contributed by atoms with Crippen LogP contribution in [0.25, 0.3) is 0 Å². The lowest BCUT2D eigenvalue weighted by Gasteiger charge is -2.22. The molecular weight excluding hydrogens is 202 g/mol. The summed E-state index contributed by atoms with van der Waals surface area (Å²) in [4.78, 5) is 8.54. The van der Waals surface area contributed by atoms with Crippen LogP contribution in [0.3, 0.4) is 0 Å². The van der Waals surface area contributed by atoms with E-state index in [-0.39, 0.29) is 0 Å². The molecule has 1 heterocycles. The van der Waals surface area contributed by atoms with Gasteiger partial charge < -0.3 is 10.1 Å². The highest BCUT2D eigenvalue weighted by molar-refractivity contribution is 5.29. The van der Waals surface area contributed by atoms with Gasteiger partial charge in [-0.3, -0.25) is 0 Å². The zero-order chi connectivity index (χ0) is 11.4. The Labute approximate surface area is 96.4 Å². The van der Waals surface area contributed by atoms with Crippen molar-refractivity contribution < 1.29 is 4.74 Å². The maximum Gasteiger partial charge on any atom is 0.225 e. The molecule has 16 heavy (non-hydrogen) atoms. The third kappa shape index (κ3) is 2.84. The number of nitrogens with zero attached hydrogens (tertiary/aromatic N) is 2. The number of hydrogen-bond acceptors (Lipinski definition) is 4.